The van der Waals surface area contributed by atoms with Crippen LogP contribution < -0.4 is 9.80 Å². The van der Waals surface area contributed by atoms with Crippen LogP contribution in [-0.2, 0) is 4.74 Å². The first-order valence-corrected chi connectivity index (χ1v) is 11.4. The summed E-state index contributed by atoms with van der Waals surface area (Å²) in [6, 6.07) is 8.08. The van der Waals surface area contributed by atoms with Crippen LogP contribution in [0.1, 0.15) is 40.0 Å². The molecule has 0 aromatic heterocycles. The van der Waals surface area contributed by atoms with Gasteiger partial charge in [0.25, 0.3) is 0 Å². The molecule has 1 saturated carbocycles. The summed E-state index contributed by atoms with van der Waals surface area (Å²) < 4.78 is 6.25. The van der Waals surface area contributed by atoms with Crippen molar-refractivity contribution in [2.75, 3.05) is 44.2 Å². The number of rotatable bonds is 7. The van der Waals surface area contributed by atoms with Crippen LogP contribution in [0.2, 0.25) is 5.02 Å². The van der Waals surface area contributed by atoms with E-state index in [1.165, 1.54) is 23.4 Å². The van der Waals surface area contributed by atoms with Gasteiger partial charge in [-0.25, -0.2) is 0 Å². The minimum atomic E-state index is -0.377. The van der Waals surface area contributed by atoms with Crippen molar-refractivity contribution in [3.05, 3.63) is 29.3 Å². The average molecular weight is 410 g/mol. The number of ether oxygens (including phenoxy) is 1. The van der Waals surface area contributed by atoms with Gasteiger partial charge >= 0.3 is 0 Å². The third-order valence-electron chi connectivity index (χ3n) is 6.63. The second-order valence-corrected chi connectivity index (χ2v) is 9.71. The lowest BCUT2D eigenvalue weighted by Crippen LogP contribution is -3.16. The van der Waals surface area contributed by atoms with Crippen LogP contribution in [0.5, 0.6) is 0 Å². The van der Waals surface area contributed by atoms with Crippen molar-refractivity contribution in [3.63, 3.8) is 0 Å². The number of hydrogen-bond acceptors (Lipinski definition) is 3. The zero-order chi connectivity index (χ0) is 20.1. The maximum atomic E-state index is 10.6. The molecule has 0 radical (unpaired) electrons. The van der Waals surface area contributed by atoms with E-state index in [9.17, 15) is 5.11 Å². The van der Waals surface area contributed by atoms with Crippen LogP contribution in [0.25, 0.3) is 0 Å². The summed E-state index contributed by atoms with van der Waals surface area (Å²) in [6.07, 6.45) is 3.65. The van der Waals surface area contributed by atoms with Gasteiger partial charge < -0.3 is 19.6 Å². The number of halogens is 1. The predicted molar refractivity (Wildman–Crippen MR) is 116 cm³/mol. The van der Waals surface area contributed by atoms with Crippen LogP contribution >= 0.6 is 11.6 Å². The highest BCUT2D eigenvalue weighted by atomic mass is 35.5. The third-order valence-corrected chi connectivity index (χ3v) is 6.87. The normalized spacial score (nSPS) is 27.9. The van der Waals surface area contributed by atoms with E-state index in [-0.39, 0.29) is 6.10 Å². The Hall–Kier alpha value is -0.810. The van der Waals surface area contributed by atoms with Gasteiger partial charge in [-0.1, -0.05) is 44.9 Å². The number of quaternary nitrogens is 1. The summed E-state index contributed by atoms with van der Waals surface area (Å²) in [5, 5.41) is 11.4. The van der Waals surface area contributed by atoms with Gasteiger partial charge in [-0.05, 0) is 48.8 Å². The Morgan fingerprint density at radius 1 is 1.25 bits per heavy atom. The summed E-state index contributed by atoms with van der Waals surface area (Å²) in [4.78, 5) is 3.85. The Morgan fingerprint density at radius 2 is 2.00 bits per heavy atom. The molecule has 1 saturated heterocycles. The molecule has 2 aliphatic rings. The van der Waals surface area contributed by atoms with E-state index in [2.05, 4.69) is 31.7 Å². The first-order valence-electron chi connectivity index (χ1n) is 11.1. The molecule has 0 spiro atoms. The van der Waals surface area contributed by atoms with Crippen molar-refractivity contribution in [1.29, 1.82) is 0 Å². The lowest BCUT2D eigenvalue weighted by atomic mass is 9.75. The molecule has 4 atom stereocenters. The van der Waals surface area contributed by atoms with Crippen LogP contribution in [0, 0.1) is 17.8 Å². The van der Waals surface area contributed by atoms with Crippen molar-refractivity contribution >= 4 is 17.3 Å². The molecule has 4 nitrogen and oxygen atoms in total. The van der Waals surface area contributed by atoms with Crippen LogP contribution in [0.15, 0.2) is 24.3 Å². The molecule has 1 aromatic rings. The van der Waals surface area contributed by atoms with Gasteiger partial charge in [0.1, 0.15) is 12.6 Å². The molecule has 2 fully saturated rings. The van der Waals surface area contributed by atoms with Crippen molar-refractivity contribution in [2.24, 2.45) is 17.8 Å². The fourth-order valence-corrected chi connectivity index (χ4v) is 5.08. The van der Waals surface area contributed by atoms with Gasteiger partial charge in [-0.15, -0.1) is 0 Å². The molecule has 0 amide bonds. The molecular weight excluding hydrogens is 372 g/mol. The molecule has 5 heteroatoms. The van der Waals surface area contributed by atoms with Crippen molar-refractivity contribution < 1.29 is 14.7 Å². The number of piperazine rings is 1. The molecule has 1 aliphatic carbocycles. The maximum Gasteiger partial charge on any atom is 0.126 e. The van der Waals surface area contributed by atoms with Crippen molar-refractivity contribution in [3.8, 4) is 0 Å². The Labute approximate surface area is 175 Å². The average Bonchev–Trinajstić information content (AvgIpc) is 2.67. The molecule has 0 unspecified atom stereocenters. The van der Waals surface area contributed by atoms with Crippen molar-refractivity contribution in [2.45, 2.75) is 52.2 Å². The third kappa shape index (κ3) is 6.09. The van der Waals surface area contributed by atoms with Crippen LogP contribution in [0.3, 0.4) is 0 Å². The number of aliphatic hydroxyl groups excluding tert-OH is 1. The maximum absolute atomic E-state index is 10.6. The standard InChI is InChI=1S/C23H37ClN2O2/c1-17(2)22-8-7-18(3)13-23(22)28-16-21(27)15-25-9-11-26(12-10-25)20-6-4-5-19(24)14-20/h4-6,14,17-18,21-23,27H,7-13,15-16H2,1-3H3/p+1/t18-,21-,22+,23-/m1/s1. The van der Waals surface area contributed by atoms with E-state index in [4.69, 9.17) is 16.3 Å². The van der Waals surface area contributed by atoms with Gasteiger partial charge in [0.2, 0.25) is 0 Å². The van der Waals surface area contributed by atoms with E-state index in [1.807, 2.05) is 18.2 Å². The second-order valence-electron chi connectivity index (χ2n) is 9.27. The molecule has 158 valence electrons. The number of anilines is 1. The smallest absolute Gasteiger partial charge is 0.126 e. The highest BCUT2D eigenvalue weighted by molar-refractivity contribution is 6.30. The fourth-order valence-electron chi connectivity index (χ4n) is 4.89. The Kier molecular flexibility index (Phi) is 8.04. The van der Waals surface area contributed by atoms with Gasteiger partial charge in [0, 0.05) is 10.7 Å². The van der Waals surface area contributed by atoms with Gasteiger partial charge in [-0.2, -0.15) is 0 Å². The van der Waals surface area contributed by atoms with E-state index in [0.717, 1.165) is 50.1 Å². The van der Waals surface area contributed by atoms with Crippen LogP contribution in [0.4, 0.5) is 5.69 Å². The van der Waals surface area contributed by atoms with Gasteiger partial charge in [-0.3, -0.25) is 0 Å². The molecule has 2 N–H and O–H groups in total. The molecular formula is C23H38ClN2O2+. The Bertz CT molecular complexity index is 604. The molecule has 1 aliphatic heterocycles. The van der Waals surface area contributed by atoms with Gasteiger partial charge in [0.15, 0.2) is 0 Å². The lowest BCUT2D eigenvalue weighted by Gasteiger charge is -2.38. The summed E-state index contributed by atoms with van der Waals surface area (Å²) in [7, 11) is 0. The first kappa shape index (κ1) is 21.9. The predicted octanol–water partition coefficient (Wildman–Crippen LogP) is 2.88. The number of nitrogens with zero attached hydrogens (tertiary/aromatic N) is 1. The molecule has 1 aromatic carbocycles. The monoisotopic (exact) mass is 409 g/mol. The minimum Gasteiger partial charge on any atom is -0.385 e. The SMILES string of the molecule is CC(C)[C@@H]1CC[C@@H](C)C[C@H]1OC[C@H](O)C[NH+]1CCN(c2cccc(Cl)c2)CC1. The molecule has 0 bridgehead atoms. The summed E-state index contributed by atoms with van der Waals surface area (Å²) in [6.45, 7) is 12.3. The lowest BCUT2D eigenvalue weighted by molar-refractivity contribution is -0.903. The first-order chi connectivity index (χ1) is 13.4. The highest BCUT2D eigenvalue weighted by Crippen LogP contribution is 2.35. The summed E-state index contributed by atoms with van der Waals surface area (Å²) >= 11 is 6.12. The van der Waals surface area contributed by atoms with Crippen molar-refractivity contribution in [1.82, 2.24) is 0 Å². The largest absolute Gasteiger partial charge is 0.385 e. The number of aliphatic hydroxyl groups is 1. The Morgan fingerprint density at radius 3 is 2.68 bits per heavy atom. The zero-order valence-electron chi connectivity index (χ0n) is 17.7. The minimum absolute atomic E-state index is 0.313. The second kappa shape index (κ2) is 10.3. The van der Waals surface area contributed by atoms with E-state index < -0.39 is 0 Å². The molecule has 3 rings (SSSR count). The summed E-state index contributed by atoms with van der Waals surface area (Å²) in [5.74, 6) is 2.03. The van der Waals surface area contributed by atoms with Crippen LogP contribution in [-0.4, -0.2) is 56.6 Å². The summed E-state index contributed by atoms with van der Waals surface area (Å²) in [5.41, 5.74) is 1.20. The quantitative estimate of drug-likeness (QED) is 0.727. The number of hydrogen-bond donors (Lipinski definition) is 2. The fraction of sp³-hybridized carbons (Fsp3) is 0.739. The number of nitrogens with one attached hydrogen (secondary N) is 1. The molecule has 28 heavy (non-hydrogen) atoms. The zero-order valence-corrected chi connectivity index (χ0v) is 18.5. The van der Waals surface area contributed by atoms with E-state index in [0.29, 0.717) is 24.5 Å². The molecule has 1 heterocycles. The Balaban J connectivity index is 1.41. The number of benzene rings is 1. The van der Waals surface area contributed by atoms with E-state index in [1.54, 1.807) is 0 Å². The highest BCUT2D eigenvalue weighted by Gasteiger charge is 2.32. The van der Waals surface area contributed by atoms with E-state index >= 15 is 0 Å². The van der Waals surface area contributed by atoms with Gasteiger partial charge in [0.05, 0.1) is 38.9 Å². The topological polar surface area (TPSA) is 37.1 Å².